The van der Waals surface area contributed by atoms with Gasteiger partial charge in [-0.05, 0) is 24.3 Å². The Bertz CT molecular complexity index is 611. The van der Waals surface area contributed by atoms with Crippen LogP contribution >= 0.6 is 11.6 Å². The molecule has 4 N–H and O–H groups in total. The number of nitrogens with one attached hydrogen (secondary N) is 2. The average Bonchev–Trinajstić information content (AvgIpc) is 2.46. The van der Waals surface area contributed by atoms with Crippen molar-refractivity contribution in [2.45, 2.75) is 0 Å². The fourth-order valence-electron chi connectivity index (χ4n) is 1.53. The predicted octanol–water partition coefficient (Wildman–Crippen LogP) is 2.59. The van der Waals surface area contributed by atoms with Crippen LogP contribution in [0, 0.1) is 0 Å². The Morgan fingerprint density at radius 3 is 2.25 bits per heavy atom. The Morgan fingerprint density at radius 1 is 1.00 bits per heavy atom. The molecule has 0 aliphatic heterocycles. The summed E-state index contributed by atoms with van der Waals surface area (Å²) < 4.78 is 0. The number of primary amides is 1. The van der Waals surface area contributed by atoms with Gasteiger partial charge < -0.3 is 5.73 Å². The van der Waals surface area contributed by atoms with Crippen molar-refractivity contribution >= 4 is 29.2 Å². The molecule has 0 bridgehead atoms. The maximum atomic E-state index is 10.8. The van der Waals surface area contributed by atoms with E-state index < -0.39 is 6.03 Å². The van der Waals surface area contributed by atoms with Crippen LogP contribution in [0.25, 0.3) is 0 Å². The van der Waals surface area contributed by atoms with E-state index in [1.807, 2.05) is 30.3 Å². The third kappa shape index (κ3) is 4.00. The second kappa shape index (κ2) is 6.58. The van der Waals surface area contributed by atoms with Crippen LogP contribution in [0.4, 0.5) is 10.5 Å². The number of urea groups is 1. The van der Waals surface area contributed by atoms with Crippen molar-refractivity contribution in [3.8, 4) is 0 Å². The number of hydrogen-bond acceptors (Lipinski definition) is 2. The molecule has 2 aromatic rings. The van der Waals surface area contributed by atoms with Crippen molar-refractivity contribution in [1.82, 2.24) is 10.9 Å². The van der Waals surface area contributed by atoms with E-state index in [9.17, 15) is 4.79 Å². The number of amidine groups is 1. The van der Waals surface area contributed by atoms with Gasteiger partial charge in [-0.1, -0.05) is 41.9 Å². The Labute approximate surface area is 121 Å². The van der Waals surface area contributed by atoms with Crippen molar-refractivity contribution in [2.75, 3.05) is 0 Å². The molecule has 0 atom stereocenters. The van der Waals surface area contributed by atoms with Gasteiger partial charge in [-0.15, -0.1) is 0 Å². The molecule has 0 spiro atoms. The van der Waals surface area contributed by atoms with Gasteiger partial charge in [-0.2, -0.15) is 0 Å². The van der Waals surface area contributed by atoms with E-state index in [1.165, 1.54) is 0 Å². The summed E-state index contributed by atoms with van der Waals surface area (Å²) in [5.74, 6) is 0.478. The molecule has 2 amide bonds. The molecule has 6 heteroatoms. The molecule has 0 fully saturated rings. The number of rotatable bonds is 2. The van der Waals surface area contributed by atoms with Gasteiger partial charge in [0.2, 0.25) is 0 Å². The van der Waals surface area contributed by atoms with Crippen LogP contribution in [0.2, 0.25) is 5.02 Å². The Hall–Kier alpha value is -2.53. The number of hydrogen-bond donors (Lipinski definition) is 3. The lowest BCUT2D eigenvalue weighted by molar-refractivity contribution is 0.247. The highest BCUT2D eigenvalue weighted by atomic mass is 35.5. The first-order valence-corrected chi connectivity index (χ1v) is 6.24. The van der Waals surface area contributed by atoms with E-state index in [4.69, 9.17) is 17.3 Å². The van der Waals surface area contributed by atoms with Crippen molar-refractivity contribution < 1.29 is 4.79 Å². The molecule has 102 valence electrons. The minimum Gasteiger partial charge on any atom is -0.350 e. The first-order valence-electron chi connectivity index (χ1n) is 5.86. The van der Waals surface area contributed by atoms with Crippen LogP contribution in [0.3, 0.4) is 0 Å². The van der Waals surface area contributed by atoms with E-state index in [1.54, 1.807) is 24.3 Å². The smallest absolute Gasteiger partial charge is 0.330 e. The number of benzene rings is 2. The molecular formula is C14H13ClN4O. The van der Waals surface area contributed by atoms with E-state index in [-0.39, 0.29) is 0 Å². The topological polar surface area (TPSA) is 79.5 Å². The molecule has 20 heavy (non-hydrogen) atoms. The largest absolute Gasteiger partial charge is 0.350 e. The van der Waals surface area contributed by atoms with Gasteiger partial charge in [0.25, 0.3) is 0 Å². The third-order valence-electron chi connectivity index (χ3n) is 2.42. The number of amides is 2. The molecule has 0 aliphatic carbocycles. The maximum Gasteiger partial charge on any atom is 0.330 e. The summed E-state index contributed by atoms with van der Waals surface area (Å²) >= 11 is 5.83. The van der Waals surface area contributed by atoms with Gasteiger partial charge in [-0.25, -0.2) is 9.79 Å². The summed E-state index contributed by atoms with van der Waals surface area (Å²) in [4.78, 5) is 15.2. The summed E-state index contributed by atoms with van der Waals surface area (Å²) in [6, 6.07) is 15.7. The lowest BCUT2D eigenvalue weighted by atomic mass is 10.2. The molecule has 0 heterocycles. The number of nitrogens with zero attached hydrogens (tertiary/aromatic N) is 1. The summed E-state index contributed by atoms with van der Waals surface area (Å²) in [5, 5.41) is 0.633. The molecule has 2 aromatic carbocycles. The lowest BCUT2D eigenvalue weighted by Gasteiger charge is -2.10. The van der Waals surface area contributed by atoms with Crippen molar-refractivity contribution in [1.29, 1.82) is 0 Å². The van der Waals surface area contributed by atoms with Crippen LogP contribution < -0.4 is 16.6 Å². The van der Waals surface area contributed by atoms with E-state index >= 15 is 0 Å². The summed E-state index contributed by atoms with van der Waals surface area (Å²) in [7, 11) is 0. The van der Waals surface area contributed by atoms with Crippen LogP contribution in [0.5, 0.6) is 0 Å². The monoisotopic (exact) mass is 288 g/mol. The number of nitrogens with two attached hydrogens (primary N) is 1. The third-order valence-corrected chi connectivity index (χ3v) is 2.67. The van der Waals surface area contributed by atoms with Crippen LogP contribution in [0.1, 0.15) is 5.56 Å². The zero-order valence-electron chi connectivity index (χ0n) is 10.5. The SMILES string of the molecule is NC(=O)NNC(=Nc1ccc(Cl)cc1)c1ccccc1. The predicted molar refractivity (Wildman–Crippen MR) is 79.9 cm³/mol. The Kier molecular flexibility index (Phi) is 4.57. The molecule has 0 saturated carbocycles. The normalized spacial score (nSPS) is 10.9. The summed E-state index contributed by atoms with van der Waals surface area (Å²) in [6.45, 7) is 0. The molecule has 0 unspecified atom stereocenters. The van der Waals surface area contributed by atoms with Gasteiger partial charge in [0, 0.05) is 10.6 Å². The minimum absolute atomic E-state index is 0.478. The number of carbonyl (C=O) groups excluding carboxylic acids is 1. The Morgan fingerprint density at radius 2 is 1.65 bits per heavy atom. The second-order valence-electron chi connectivity index (χ2n) is 3.92. The molecule has 2 rings (SSSR count). The van der Waals surface area contributed by atoms with Gasteiger partial charge >= 0.3 is 6.03 Å². The first kappa shape index (κ1) is 13.9. The molecule has 0 aromatic heterocycles. The highest BCUT2D eigenvalue weighted by Crippen LogP contribution is 2.17. The number of hydrazine groups is 1. The van der Waals surface area contributed by atoms with Crippen LogP contribution in [-0.2, 0) is 0 Å². The molecule has 5 nitrogen and oxygen atoms in total. The number of halogens is 1. The highest BCUT2D eigenvalue weighted by molar-refractivity contribution is 6.30. The van der Waals surface area contributed by atoms with E-state index in [2.05, 4.69) is 15.8 Å². The zero-order valence-corrected chi connectivity index (χ0v) is 11.3. The van der Waals surface area contributed by atoms with Crippen molar-refractivity contribution in [3.05, 3.63) is 65.2 Å². The van der Waals surface area contributed by atoms with Crippen LogP contribution in [0.15, 0.2) is 59.6 Å². The fourth-order valence-corrected chi connectivity index (χ4v) is 1.65. The van der Waals surface area contributed by atoms with Gasteiger partial charge in [-0.3, -0.25) is 10.9 Å². The maximum absolute atomic E-state index is 10.8. The van der Waals surface area contributed by atoms with E-state index in [0.29, 0.717) is 16.5 Å². The van der Waals surface area contributed by atoms with Gasteiger partial charge in [0.15, 0.2) is 5.84 Å². The van der Waals surface area contributed by atoms with Gasteiger partial charge in [0.05, 0.1) is 5.69 Å². The van der Waals surface area contributed by atoms with E-state index in [0.717, 1.165) is 5.56 Å². The number of aliphatic imine (C=N–C) groups is 1. The standard InChI is InChI=1S/C14H13ClN4O/c15-11-6-8-12(9-7-11)17-13(18-19-14(16)20)10-4-2-1-3-5-10/h1-9H,(H,17,18)(H3,16,19,20). The fraction of sp³-hybridized carbons (Fsp3) is 0. The quantitative estimate of drug-likeness (QED) is 0.451. The summed E-state index contributed by atoms with van der Waals surface area (Å²) in [5.41, 5.74) is 11.6. The van der Waals surface area contributed by atoms with Crippen molar-refractivity contribution in [3.63, 3.8) is 0 Å². The number of carbonyl (C=O) groups is 1. The molecule has 0 aliphatic rings. The van der Waals surface area contributed by atoms with Crippen molar-refractivity contribution in [2.24, 2.45) is 10.7 Å². The summed E-state index contributed by atoms with van der Waals surface area (Å²) in [6.07, 6.45) is 0. The first-order chi connectivity index (χ1) is 9.65. The van der Waals surface area contributed by atoms with Gasteiger partial charge in [0.1, 0.15) is 0 Å². The second-order valence-corrected chi connectivity index (χ2v) is 4.35. The highest BCUT2D eigenvalue weighted by Gasteiger charge is 2.04. The molecule has 0 saturated heterocycles. The molecule has 0 radical (unpaired) electrons. The lowest BCUT2D eigenvalue weighted by Crippen LogP contribution is -2.44. The molecular weight excluding hydrogens is 276 g/mol. The van der Waals surface area contributed by atoms with Crippen LogP contribution in [-0.4, -0.2) is 11.9 Å². The minimum atomic E-state index is -0.690. The average molecular weight is 289 g/mol. The Balaban J connectivity index is 2.30. The zero-order chi connectivity index (χ0) is 14.4.